The van der Waals surface area contributed by atoms with Gasteiger partial charge < -0.3 is 24.6 Å². The molecule has 0 unspecified atom stereocenters. The van der Waals surface area contributed by atoms with Crippen molar-refractivity contribution in [2.24, 2.45) is 4.99 Å². The van der Waals surface area contributed by atoms with Crippen LogP contribution in [0.1, 0.15) is 50.3 Å². The fourth-order valence-corrected chi connectivity index (χ4v) is 5.30. The van der Waals surface area contributed by atoms with Crippen LogP contribution < -0.4 is 0 Å². The lowest BCUT2D eigenvalue weighted by molar-refractivity contribution is -0.139. The minimum atomic E-state index is -1.16. The molecule has 1 aromatic heterocycles. The minimum Gasteiger partial charge on any atom is -0.481 e. The summed E-state index contributed by atoms with van der Waals surface area (Å²) in [4.78, 5) is 15.9. The Kier molecular flexibility index (Phi) is 10.3. The third-order valence-corrected chi connectivity index (χ3v) is 7.07. The molecule has 0 saturated heterocycles. The molecule has 0 spiro atoms. The lowest BCUT2D eigenvalue weighted by Gasteiger charge is -2.20. The Balaban J connectivity index is 1.97. The normalized spacial score (nSPS) is 13.3. The lowest BCUT2D eigenvalue weighted by Crippen LogP contribution is -2.22. The molecule has 0 fully saturated rings. The summed E-state index contributed by atoms with van der Waals surface area (Å²) in [6.45, 7) is 4.49. The molecule has 0 radical (unpaired) electrons. The second kappa shape index (κ2) is 14.1. The van der Waals surface area contributed by atoms with Gasteiger partial charge in [0.2, 0.25) is 5.90 Å². The molecule has 0 aliphatic carbocycles. The molecule has 4 aromatic rings. The number of ether oxygens (including phenoxy) is 1. The van der Waals surface area contributed by atoms with Gasteiger partial charge in [0.1, 0.15) is 5.82 Å². The SMILES string of the molecule is COC(=Nc1ccccc1)c1c(-c2ccccc2)c(-c2ccc(F)cc2)n(CC[C@@H](O)C[C@@H](O)CC(=O)O)c1C(C)C. The number of rotatable bonds is 12. The number of nitrogens with zero attached hydrogens (tertiary/aromatic N) is 2. The molecule has 7 nitrogen and oxygen atoms in total. The second-order valence-electron chi connectivity index (χ2n) is 10.5. The van der Waals surface area contributed by atoms with Crippen molar-refractivity contribution in [2.45, 2.75) is 57.8 Å². The topological polar surface area (TPSA) is 104 Å². The van der Waals surface area contributed by atoms with Crippen molar-refractivity contribution in [3.05, 3.63) is 102 Å². The third-order valence-electron chi connectivity index (χ3n) is 7.07. The Morgan fingerprint density at radius 2 is 1.52 bits per heavy atom. The first-order chi connectivity index (χ1) is 20.2. The lowest BCUT2D eigenvalue weighted by atomic mass is 9.94. The van der Waals surface area contributed by atoms with E-state index in [1.807, 2.05) is 60.7 Å². The van der Waals surface area contributed by atoms with E-state index in [1.54, 1.807) is 19.2 Å². The van der Waals surface area contributed by atoms with E-state index in [0.29, 0.717) is 12.4 Å². The van der Waals surface area contributed by atoms with Crippen LogP contribution in [0, 0.1) is 5.82 Å². The molecular formula is C34H37FN2O5. The molecule has 0 bridgehead atoms. The molecule has 4 rings (SSSR count). The van der Waals surface area contributed by atoms with E-state index in [2.05, 4.69) is 18.4 Å². The van der Waals surface area contributed by atoms with E-state index in [4.69, 9.17) is 14.8 Å². The van der Waals surface area contributed by atoms with E-state index in [1.165, 1.54) is 12.1 Å². The number of aromatic nitrogens is 1. The maximum atomic E-state index is 14.1. The van der Waals surface area contributed by atoms with Gasteiger partial charge in [-0.25, -0.2) is 9.38 Å². The Hall–Kier alpha value is -4.27. The molecule has 42 heavy (non-hydrogen) atoms. The molecule has 0 aliphatic heterocycles. The second-order valence-corrected chi connectivity index (χ2v) is 10.5. The Morgan fingerprint density at radius 3 is 2.10 bits per heavy atom. The highest BCUT2D eigenvalue weighted by Gasteiger charge is 2.30. The minimum absolute atomic E-state index is 0.0115. The van der Waals surface area contributed by atoms with Crippen LogP contribution in [0.25, 0.3) is 22.4 Å². The van der Waals surface area contributed by atoms with Crippen molar-refractivity contribution in [1.82, 2.24) is 4.57 Å². The predicted octanol–water partition coefficient (Wildman–Crippen LogP) is 6.79. The summed E-state index contributed by atoms with van der Waals surface area (Å²) >= 11 is 0. The summed E-state index contributed by atoms with van der Waals surface area (Å²) in [5.41, 5.74) is 5.81. The van der Waals surface area contributed by atoms with Gasteiger partial charge in [-0.1, -0.05) is 62.4 Å². The van der Waals surface area contributed by atoms with Crippen LogP contribution >= 0.6 is 0 Å². The third kappa shape index (κ3) is 7.32. The number of aliphatic carboxylic acids is 1. The average molecular weight is 573 g/mol. The van der Waals surface area contributed by atoms with Crippen molar-refractivity contribution in [2.75, 3.05) is 7.11 Å². The van der Waals surface area contributed by atoms with Crippen LogP contribution in [0.3, 0.4) is 0 Å². The number of carboxylic acids is 1. The van der Waals surface area contributed by atoms with Gasteiger partial charge in [-0.15, -0.1) is 0 Å². The first-order valence-corrected chi connectivity index (χ1v) is 14.0. The number of aliphatic hydroxyl groups is 2. The zero-order valence-corrected chi connectivity index (χ0v) is 24.1. The van der Waals surface area contributed by atoms with Gasteiger partial charge in [-0.3, -0.25) is 4.79 Å². The van der Waals surface area contributed by atoms with Gasteiger partial charge >= 0.3 is 5.97 Å². The first kappa shape index (κ1) is 30.7. The summed E-state index contributed by atoms with van der Waals surface area (Å²) < 4.78 is 22.2. The van der Waals surface area contributed by atoms with Crippen LogP contribution in [-0.4, -0.2) is 51.1 Å². The summed E-state index contributed by atoms with van der Waals surface area (Å²) in [7, 11) is 1.59. The summed E-state index contributed by atoms with van der Waals surface area (Å²) in [5, 5.41) is 29.9. The van der Waals surface area contributed by atoms with E-state index in [9.17, 15) is 19.4 Å². The Morgan fingerprint density at radius 1 is 0.905 bits per heavy atom. The molecular weight excluding hydrogens is 535 g/mol. The molecule has 220 valence electrons. The highest BCUT2D eigenvalue weighted by Crippen LogP contribution is 2.43. The van der Waals surface area contributed by atoms with Gasteiger partial charge in [0, 0.05) is 17.8 Å². The van der Waals surface area contributed by atoms with Gasteiger partial charge in [0.25, 0.3) is 0 Å². The number of benzene rings is 3. The van der Waals surface area contributed by atoms with Gasteiger partial charge in [0.05, 0.1) is 42.7 Å². The molecule has 3 aromatic carbocycles. The molecule has 0 amide bonds. The standard InChI is InChI=1S/C34H37FN2O5/c1-22(2)32-31(34(42-3)36-26-12-8-5-9-13-26)30(23-10-6-4-7-11-23)33(24-14-16-25(35)17-15-24)37(32)19-18-27(38)20-28(39)21-29(40)41/h4-17,22,27-28,38-39H,18-21H2,1-3H3,(H,40,41)/t27-,28-/m1/s1. The number of aliphatic imine (C=N–C) groups is 1. The number of carbonyl (C=O) groups is 1. The predicted molar refractivity (Wildman–Crippen MR) is 162 cm³/mol. The van der Waals surface area contributed by atoms with Crippen LogP contribution in [0.5, 0.6) is 0 Å². The number of hydrogen-bond donors (Lipinski definition) is 3. The van der Waals surface area contributed by atoms with Gasteiger partial charge in [-0.05, 0) is 66.3 Å². The van der Waals surface area contributed by atoms with Gasteiger partial charge in [0.15, 0.2) is 0 Å². The van der Waals surface area contributed by atoms with Crippen LogP contribution in [0.4, 0.5) is 10.1 Å². The zero-order valence-electron chi connectivity index (χ0n) is 24.1. The van der Waals surface area contributed by atoms with Crippen LogP contribution in [-0.2, 0) is 16.1 Å². The molecule has 0 aliphatic rings. The van der Waals surface area contributed by atoms with Crippen molar-refractivity contribution < 1.29 is 29.2 Å². The number of para-hydroxylation sites is 1. The monoisotopic (exact) mass is 572 g/mol. The maximum Gasteiger partial charge on any atom is 0.305 e. The number of halogens is 1. The molecule has 3 N–H and O–H groups in total. The first-order valence-electron chi connectivity index (χ1n) is 14.0. The highest BCUT2D eigenvalue weighted by atomic mass is 19.1. The smallest absolute Gasteiger partial charge is 0.305 e. The number of carboxylic acid groups (broad SMARTS) is 1. The van der Waals surface area contributed by atoms with Crippen LogP contribution in [0.15, 0.2) is 89.9 Å². The Bertz CT molecular complexity index is 1500. The van der Waals surface area contributed by atoms with Crippen molar-refractivity contribution in [1.29, 1.82) is 0 Å². The number of methoxy groups -OCH3 is 1. The fraction of sp³-hybridized carbons (Fsp3) is 0.294. The van der Waals surface area contributed by atoms with E-state index < -0.39 is 24.6 Å². The molecule has 1 heterocycles. The van der Waals surface area contributed by atoms with Crippen molar-refractivity contribution in [3.63, 3.8) is 0 Å². The highest BCUT2D eigenvalue weighted by molar-refractivity contribution is 6.07. The van der Waals surface area contributed by atoms with E-state index in [-0.39, 0.29) is 24.6 Å². The molecule has 0 saturated carbocycles. The van der Waals surface area contributed by atoms with E-state index in [0.717, 1.165) is 39.3 Å². The van der Waals surface area contributed by atoms with Crippen molar-refractivity contribution in [3.8, 4) is 22.4 Å². The Labute approximate surface area is 245 Å². The maximum absolute atomic E-state index is 14.1. The van der Waals surface area contributed by atoms with Gasteiger partial charge in [-0.2, -0.15) is 0 Å². The molecule has 8 heteroatoms. The molecule has 2 atom stereocenters. The zero-order chi connectivity index (χ0) is 30.2. The van der Waals surface area contributed by atoms with E-state index >= 15 is 0 Å². The fourth-order valence-electron chi connectivity index (χ4n) is 5.30. The van der Waals surface area contributed by atoms with Crippen molar-refractivity contribution >= 4 is 17.6 Å². The summed E-state index contributed by atoms with van der Waals surface area (Å²) in [5.74, 6) is -1.07. The summed E-state index contributed by atoms with van der Waals surface area (Å²) in [6, 6.07) is 25.7. The summed E-state index contributed by atoms with van der Waals surface area (Å²) in [6.07, 6.45) is -2.34. The average Bonchev–Trinajstić information content (AvgIpc) is 3.31. The van der Waals surface area contributed by atoms with Crippen LogP contribution in [0.2, 0.25) is 0 Å². The number of hydrogen-bond acceptors (Lipinski definition) is 5. The number of aliphatic hydroxyl groups excluding tert-OH is 2. The quantitative estimate of drug-likeness (QED) is 0.128. The largest absolute Gasteiger partial charge is 0.481 e.